The normalized spacial score (nSPS) is 19.4. The number of imidazole rings is 1. The maximum atomic E-state index is 12.8. The Kier molecular flexibility index (Phi) is 4.82. The molecule has 2 rings (SSSR count). The van der Waals surface area contributed by atoms with Crippen molar-refractivity contribution in [3.05, 3.63) is 12.5 Å². The second kappa shape index (κ2) is 6.24. The van der Waals surface area contributed by atoms with Crippen molar-refractivity contribution in [1.82, 2.24) is 14.3 Å². The van der Waals surface area contributed by atoms with Crippen molar-refractivity contribution in [3.8, 4) is 0 Å². The summed E-state index contributed by atoms with van der Waals surface area (Å²) in [5.74, 6) is 0. The van der Waals surface area contributed by atoms with Crippen LogP contribution in [0.5, 0.6) is 0 Å². The summed E-state index contributed by atoms with van der Waals surface area (Å²) in [4.78, 5) is 6.55. The molecule has 1 aliphatic carbocycles. The highest BCUT2D eigenvalue weighted by atomic mass is 32.2. The number of nitrogens with two attached hydrogens (primary N) is 1. The van der Waals surface area contributed by atoms with E-state index in [0.717, 1.165) is 38.5 Å². The van der Waals surface area contributed by atoms with Crippen LogP contribution < -0.4 is 5.73 Å². The lowest BCUT2D eigenvalue weighted by Gasteiger charge is -2.44. The molecule has 1 fully saturated rings. The highest BCUT2D eigenvalue weighted by Crippen LogP contribution is 2.36. The van der Waals surface area contributed by atoms with Crippen LogP contribution in [0.15, 0.2) is 17.6 Å². The third-order valence-corrected chi connectivity index (χ3v) is 6.09. The summed E-state index contributed by atoms with van der Waals surface area (Å²) in [6.45, 7) is 2.86. The first-order chi connectivity index (χ1) is 9.57. The van der Waals surface area contributed by atoms with Crippen molar-refractivity contribution in [3.63, 3.8) is 0 Å². The number of nitrogens with one attached hydrogen (secondary N) is 1. The van der Waals surface area contributed by atoms with Gasteiger partial charge < -0.3 is 10.7 Å². The smallest absolute Gasteiger partial charge is 0.260 e. The molecule has 0 saturated heterocycles. The molecule has 6 nitrogen and oxygen atoms in total. The summed E-state index contributed by atoms with van der Waals surface area (Å²) in [7, 11) is -3.55. The predicted octanol–water partition coefficient (Wildman–Crippen LogP) is 1.47. The molecule has 0 aliphatic heterocycles. The lowest BCUT2D eigenvalue weighted by Crippen LogP contribution is -2.57. The van der Waals surface area contributed by atoms with Crippen LogP contribution in [0.3, 0.4) is 0 Å². The van der Waals surface area contributed by atoms with E-state index >= 15 is 0 Å². The molecule has 0 radical (unpaired) electrons. The van der Waals surface area contributed by atoms with E-state index in [1.54, 1.807) is 4.31 Å². The minimum Gasteiger partial charge on any atom is -0.335 e. The van der Waals surface area contributed by atoms with Crippen LogP contribution in [0.2, 0.25) is 0 Å². The van der Waals surface area contributed by atoms with Crippen molar-refractivity contribution < 1.29 is 8.42 Å². The van der Waals surface area contributed by atoms with E-state index in [1.165, 1.54) is 12.5 Å². The lowest BCUT2D eigenvalue weighted by molar-refractivity contribution is 0.135. The SMILES string of the molecule is CCCN(C1(CN)CCCCC1)S(=O)(=O)c1cnc[nH]1. The maximum Gasteiger partial charge on any atom is 0.260 e. The van der Waals surface area contributed by atoms with Gasteiger partial charge in [0.05, 0.1) is 12.5 Å². The Morgan fingerprint density at radius 3 is 2.60 bits per heavy atom. The Labute approximate surface area is 120 Å². The van der Waals surface area contributed by atoms with E-state index in [1.807, 2.05) is 6.92 Å². The third kappa shape index (κ3) is 2.75. The molecule has 0 unspecified atom stereocenters. The molecule has 0 aromatic carbocycles. The molecule has 1 saturated carbocycles. The predicted molar refractivity (Wildman–Crippen MR) is 77.6 cm³/mol. The largest absolute Gasteiger partial charge is 0.335 e. The molecule has 20 heavy (non-hydrogen) atoms. The van der Waals surface area contributed by atoms with E-state index in [2.05, 4.69) is 9.97 Å². The number of nitrogens with zero attached hydrogens (tertiary/aromatic N) is 2. The van der Waals surface area contributed by atoms with Gasteiger partial charge in [-0.25, -0.2) is 13.4 Å². The van der Waals surface area contributed by atoms with Crippen LogP contribution in [-0.4, -0.2) is 41.3 Å². The molecule has 3 N–H and O–H groups in total. The van der Waals surface area contributed by atoms with Crippen LogP contribution in [0.4, 0.5) is 0 Å². The van der Waals surface area contributed by atoms with E-state index in [-0.39, 0.29) is 5.03 Å². The van der Waals surface area contributed by atoms with Crippen LogP contribution in [0, 0.1) is 0 Å². The van der Waals surface area contributed by atoms with Crippen LogP contribution in [-0.2, 0) is 10.0 Å². The third-order valence-electron chi connectivity index (χ3n) is 4.16. The van der Waals surface area contributed by atoms with E-state index < -0.39 is 15.6 Å². The molecule has 0 amide bonds. The van der Waals surface area contributed by atoms with Gasteiger partial charge in [-0.15, -0.1) is 0 Å². The second-order valence-corrected chi connectivity index (χ2v) is 7.31. The minimum atomic E-state index is -3.55. The van der Waals surface area contributed by atoms with Gasteiger partial charge in [-0.2, -0.15) is 4.31 Å². The van der Waals surface area contributed by atoms with Crippen LogP contribution >= 0.6 is 0 Å². The summed E-state index contributed by atoms with van der Waals surface area (Å²) < 4.78 is 27.3. The number of hydrogen-bond acceptors (Lipinski definition) is 4. The number of sulfonamides is 1. The first-order valence-electron chi connectivity index (χ1n) is 7.28. The van der Waals surface area contributed by atoms with E-state index in [0.29, 0.717) is 13.1 Å². The first-order valence-corrected chi connectivity index (χ1v) is 8.72. The lowest BCUT2D eigenvalue weighted by atomic mass is 9.81. The molecule has 114 valence electrons. The van der Waals surface area contributed by atoms with E-state index in [9.17, 15) is 8.42 Å². The van der Waals surface area contributed by atoms with Gasteiger partial charge in [-0.3, -0.25) is 0 Å². The maximum absolute atomic E-state index is 12.8. The van der Waals surface area contributed by atoms with Gasteiger partial charge in [0.15, 0.2) is 5.03 Å². The van der Waals surface area contributed by atoms with Crippen molar-refractivity contribution >= 4 is 10.0 Å². The average Bonchev–Trinajstić information content (AvgIpc) is 3.00. The summed E-state index contributed by atoms with van der Waals surface area (Å²) in [5, 5.41) is 0.157. The number of H-pyrrole nitrogens is 1. The zero-order valence-electron chi connectivity index (χ0n) is 12.0. The molecule has 1 aromatic rings. The van der Waals surface area contributed by atoms with Crippen molar-refractivity contribution in [2.24, 2.45) is 5.73 Å². The minimum absolute atomic E-state index is 0.157. The summed E-state index contributed by atoms with van der Waals surface area (Å²) in [6, 6.07) is 0. The molecule has 0 bridgehead atoms. The summed E-state index contributed by atoms with van der Waals surface area (Å²) in [6.07, 6.45) is 8.46. The number of rotatable bonds is 6. The fourth-order valence-electron chi connectivity index (χ4n) is 3.08. The fourth-order valence-corrected chi connectivity index (χ4v) is 4.91. The van der Waals surface area contributed by atoms with Gasteiger partial charge >= 0.3 is 0 Å². The van der Waals surface area contributed by atoms with Crippen molar-refractivity contribution in [2.75, 3.05) is 13.1 Å². The van der Waals surface area contributed by atoms with Gasteiger partial charge in [-0.1, -0.05) is 26.2 Å². The zero-order valence-corrected chi connectivity index (χ0v) is 12.8. The molecule has 1 aromatic heterocycles. The van der Waals surface area contributed by atoms with Gasteiger partial charge in [0.2, 0.25) is 0 Å². The highest BCUT2D eigenvalue weighted by Gasteiger charge is 2.43. The van der Waals surface area contributed by atoms with Gasteiger partial charge in [0.1, 0.15) is 0 Å². The van der Waals surface area contributed by atoms with Crippen molar-refractivity contribution in [2.45, 2.75) is 56.0 Å². The molecule has 1 aliphatic rings. The number of aromatic amines is 1. The van der Waals surface area contributed by atoms with Crippen LogP contribution in [0.1, 0.15) is 45.4 Å². The van der Waals surface area contributed by atoms with Crippen LogP contribution in [0.25, 0.3) is 0 Å². The Morgan fingerprint density at radius 1 is 1.40 bits per heavy atom. The second-order valence-electron chi connectivity index (χ2n) is 5.48. The molecule has 0 spiro atoms. The van der Waals surface area contributed by atoms with Gasteiger partial charge in [-0.05, 0) is 19.3 Å². The van der Waals surface area contributed by atoms with E-state index in [4.69, 9.17) is 5.73 Å². The topological polar surface area (TPSA) is 92.1 Å². The van der Waals surface area contributed by atoms with Gasteiger partial charge in [0, 0.05) is 18.6 Å². The quantitative estimate of drug-likeness (QED) is 0.832. The number of aromatic nitrogens is 2. The average molecular weight is 300 g/mol. The monoisotopic (exact) mass is 300 g/mol. The molecular weight excluding hydrogens is 276 g/mol. The molecule has 1 heterocycles. The summed E-state index contributed by atoms with van der Waals surface area (Å²) in [5.41, 5.74) is 5.56. The Hall–Kier alpha value is -0.920. The van der Waals surface area contributed by atoms with Crippen molar-refractivity contribution in [1.29, 1.82) is 0 Å². The number of hydrogen-bond donors (Lipinski definition) is 2. The van der Waals surface area contributed by atoms with Gasteiger partial charge in [0.25, 0.3) is 10.0 Å². The Morgan fingerprint density at radius 2 is 2.10 bits per heavy atom. The Bertz CT molecular complexity index is 506. The fraction of sp³-hybridized carbons (Fsp3) is 0.769. The zero-order chi connectivity index (χ0) is 14.6. The molecule has 7 heteroatoms. The standard InChI is InChI=1S/C13H24N4O2S/c1-2-8-17(13(10-14)6-4-3-5-7-13)20(18,19)12-9-15-11-16-12/h9,11H,2-8,10,14H2,1H3,(H,15,16). The Balaban J connectivity index is 2.39. The summed E-state index contributed by atoms with van der Waals surface area (Å²) >= 11 is 0. The molecular formula is C13H24N4O2S. The highest BCUT2D eigenvalue weighted by molar-refractivity contribution is 7.89. The first kappa shape index (κ1) is 15.5. The molecule has 0 atom stereocenters.